The molecule has 1 saturated heterocycles. The molecule has 5 heteroatoms. The summed E-state index contributed by atoms with van der Waals surface area (Å²) in [7, 11) is 0. The van der Waals surface area contributed by atoms with E-state index >= 15 is 0 Å². The van der Waals surface area contributed by atoms with Crippen LogP contribution in [0.1, 0.15) is 23.7 Å². The molecule has 0 spiro atoms. The van der Waals surface area contributed by atoms with Crippen molar-refractivity contribution in [1.82, 2.24) is 4.98 Å². The standard InChI is InChI=1S/C10H16N2O2S/c1-7-12-4-8(15-7)10(11)5-13-9(2,3)14-6-10/h4H,5-6,11H2,1-3H3. The van der Waals surface area contributed by atoms with Gasteiger partial charge in [0.25, 0.3) is 0 Å². The molecule has 1 aliphatic heterocycles. The number of thiazole rings is 1. The van der Waals surface area contributed by atoms with Gasteiger partial charge in [0.1, 0.15) is 0 Å². The van der Waals surface area contributed by atoms with E-state index in [2.05, 4.69) is 4.98 Å². The van der Waals surface area contributed by atoms with Crippen LogP contribution in [0.5, 0.6) is 0 Å². The quantitative estimate of drug-likeness (QED) is 0.789. The van der Waals surface area contributed by atoms with Crippen molar-refractivity contribution in [2.45, 2.75) is 32.1 Å². The summed E-state index contributed by atoms with van der Waals surface area (Å²) in [6.07, 6.45) is 1.81. The minimum Gasteiger partial charge on any atom is -0.348 e. The van der Waals surface area contributed by atoms with Gasteiger partial charge < -0.3 is 15.2 Å². The Hall–Kier alpha value is -0.490. The fraction of sp³-hybridized carbons (Fsp3) is 0.700. The number of nitrogens with two attached hydrogens (primary N) is 1. The average molecular weight is 228 g/mol. The monoisotopic (exact) mass is 228 g/mol. The van der Waals surface area contributed by atoms with Gasteiger partial charge in [0, 0.05) is 11.1 Å². The summed E-state index contributed by atoms with van der Waals surface area (Å²) >= 11 is 1.60. The molecule has 2 rings (SSSR count). The highest BCUT2D eigenvalue weighted by molar-refractivity contribution is 7.11. The Morgan fingerprint density at radius 1 is 1.40 bits per heavy atom. The van der Waals surface area contributed by atoms with Gasteiger partial charge in [0.05, 0.1) is 23.8 Å². The fourth-order valence-electron chi connectivity index (χ4n) is 1.42. The zero-order chi connectivity index (χ0) is 11.1. The molecule has 1 aliphatic rings. The number of nitrogens with zero attached hydrogens (tertiary/aromatic N) is 1. The number of ether oxygens (including phenoxy) is 2. The number of rotatable bonds is 1. The van der Waals surface area contributed by atoms with Crippen molar-refractivity contribution in [3.05, 3.63) is 16.1 Å². The first-order chi connectivity index (χ1) is 6.91. The summed E-state index contributed by atoms with van der Waals surface area (Å²) in [5.41, 5.74) is 5.69. The Kier molecular flexibility index (Phi) is 2.58. The van der Waals surface area contributed by atoms with E-state index in [-0.39, 0.29) is 0 Å². The van der Waals surface area contributed by atoms with Crippen LogP contribution >= 0.6 is 11.3 Å². The van der Waals surface area contributed by atoms with E-state index in [1.165, 1.54) is 0 Å². The first-order valence-corrected chi connectivity index (χ1v) is 5.73. The van der Waals surface area contributed by atoms with Crippen LogP contribution < -0.4 is 5.73 Å². The smallest absolute Gasteiger partial charge is 0.162 e. The zero-order valence-electron chi connectivity index (χ0n) is 9.24. The highest BCUT2D eigenvalue weighted by atomic mass is 32.1. The summed E-state index contributed by atoms with van der Waals surface area (Å²) in [6.45, 7) is 6.70. The summed E-state index contributed by atoms with van der Waals surface area (Å²) in [5, 5.41) is 1.01. The zero-order valence-corrected chi connectivity index (χ0v) is 10.1. The molecule has 0 radical (unpaired) electrons. The second-order valence-corrected chi connectivity index (χ2v) is 5.61. The van der Waals surface area contributed by atoms with Crippen molar-refractivity contribution < 1.29 is 9.47 Å². The van der Waals surface area contributed by atoms with Gasteiger partial charge in [-0.1, -0.05) is 0 Å². The Balaban J connectivity index is 2.16. The molecule has 4 nitrogen and oxygen atoms in total. The largest absolute Gasteiger partial charge is 0.348 e. The molecule has 0 unspecified atom stereocenters. The molecule has 0 aromatic carbocycles. The van der Waals surface area contributed by atoms with Gasteiger partial charge in [-0.3, -0.25) is 0 Å². The van der Waals surface area contributed by atoms with Crippen LogP contribution in [-0.4, -0.2) is 24.0 Å². The fourth-order valence-corrected chi connectivity index (χ4v) is 2.27. The van der Waals surface area contributed by atoms with E-state index in [9.17, 15) is 0 Å². The van der Waals surface area contributed by atoms with Crippen LogP contribution in [0.4, 0.5) is 0 Å². The molecular weight excluding hydrogens is 212 g/mol. The van der Waals surface area contributed by atoms with Crippen molar-refractivity contribution in [3.8, 4) is 0 Å². The molecule has 1 fully saturated rings. The number of aryl methyl sites for hydroxylation is 1. The average Bonchev–Trinajstić information content (AvgIpc) is 2.59. The van der Waals surface area contributed by atoms with E-state index in [1.54, 1.807) is 11.3 Å². The first kappa shape index (κ1) is 11.0. The second kappa shape index (κ2) is 3.52. The van der Waals surface area contributed by atoms with E-state index in [0.29, 0.717) is 13.2 Å². The third-order valence-electron chi connectivity index (χ3n) is 2.47. The Bertz CT molecular complexity index is 352. The van der Waals surface area contributed by atoms with Gasteiger partial charge in [-0.15, -0.1) is 11.3 Å². The van der Waals surface area contributed by atoms with Crippen LogP contribution in [0, 0.1) is 6.92 Å². The summed E-state index contributed by atoms with van der Waals surface area (Å²) in [4.78, 5) is 5.22. The summed E-state index contributed by atoms with van der Waals surface area (Å²) < 4.78 is 11.2. The molecule has 0 saturated carbocycles. The van der Waals surface area contributed by atoms with Crippen molar-refractivity contribution >= 4 is 11.3 Å². The molecular formula is C10H16N2O2S. The van der Waals surface area contributed by atoms with Gasteiger partial charge in [-0.05, 0) is 20.8 Å². The van der Waals surface area contributed by atoms with Crippen LogP contribution in [0.3, 0.4) is 0 Å². The third-order valence-corrected chi connectivity index (χ3v) is 3.60. The Labute approximate surface area is 93.4 Å². The molecule has 1 aromatic heterocycles. The Morgan fingerprint density at radius 2 is 2.00 bits per heavy atom. The van der Waals surface area contributed by atoms with E-state index in [4.69, 9.17) is 15.2 Å². The molecule has 2 heterocycles. The van der Waals surface area contributed by atoms with Gasteiger partial charge in [-0.2, -0.15) is 0 Å². The first-order valence-electron chi connectivity index (χ1n) is 4.91. The molecule has 0 aliphatic carbocycles. The SMILES string of the molecule is Cc1ncc(C2(N)COC(C)(C)OC2)s1. The van der Waals surface area contributed by atoms with Crippen molar-refractivity contribution in [3.63, 3.8) is 0 Å². The van der Waals surface area contributed by atoms with E-state index < -0.39 is 11.3 Å². The molecule has 0 atom stereocenters. The lowest BCUT2D eigenvalue weighted by atomic mass is 10.0. The molecule has 0 amide bonds. The van der Waals surface area contributed by atoms with Crippen LogP contribution in [0.25, 0.3) is 0 Å². The van der Waals surface area contributed by atoms with Crippen molar-refractivity contribution in [2.75, 3.05) is 13.2 Å². The topological polar surface area (TPSA) is 57.4 Å². The predicted molar refractivity (Wildman–Crippen MR) is 58.7 cm³/mol. The predicted octanol–water partition coefficient (Wildman–Crippen LogP) is 1.39. The lowest BCUT2D eigenvalue weighted by Crippen LogP contribution is -2.54. The minimum absolute atomic E-state index is 0.474. The van der Waals surface area contributed by atoms with Gasteiger partial charge >= 0.3 is 0 Å². The summed E-state index contributed by atoms with van der Waals surface area (Å²) in [5.74, 6) is -0.525. The highest BCUT2D eigenvalue weighted by Gasteiger charge is 2.39. The van der Waals surface area contributed by atoms with Gasteiger partial charge in [0.2, 0.25) is 0 Å². The van der Waals surface area contributed by atoms with Crippen molar-refractivity contribution in [1.29, 1.82) is 0 Å². The maximum absolute atomic E-state index is 6.24. The van der Waals surface area contributed by atoms with Crippen molar-refractivity contribution in [2.24, 2.45) is 5.73 Å². The normalized spacial score (nSPS) is 24.0. The second-order valence-electron chi connectivity index (χ2n) is 4.38. The van der Waals surface area contributed by atoms with Gasteiger partial charge in [-0.25, -0.2) is 4.98 Å². The Morgan fingerprint density at radius 3 is 2.47 bits per heavy atom. The van der Waals surface area contributed by atoms with E-state index in [0.717, 1.165) is 9.88 Å². The summed E-state index contributed by atoms with van der Waals surface area (Å²) in [6, 6.07) is 0. The van der Waals surface area contributed by atoms with Crippen LogP contribution in [-0.2, 0) is 15.0 Å². The molecule has 2 N–H and O–H groups in total. The lowest BCUT2D eigenvalue weighted by molar-refractivity contribution is -0.268. The maximum atomic E-state index is 6.24. The number of aromatic nitrogens is 1. The van der Waals surface area contributed by atoms with E-state index in [1.807, 2.05) is 27.0 Å². The van der Waals surface area contributed by atoms with Crippen LogP contribution in [0.15, 0.2) is 6.20 Å². The number of hydrogen-bond donors (Lipinski definition) is 1. The third kappa shape index (κ3) is 2.20. The molecule has 1 aromatic rings. The number of hydrogen-bond acceptors (Lipinski definition) is 5. The molecule has 15 heavy (non-hydrogen) atoms. The van der Waals surface area contributed by atoms with Crippen LogP contribution in [0.2, 0.25) is 0 Å². The molecule has 0 bridgehead atoms. The lowest BCUT2D eigenvalue weighted by Gasteiger charge is -2.40. The highest BCUT2D eigenvalue weighted by Crippen LogP contribution is 2.31. The molecule has 84 valence electrons. The maximum Gasteiger partial charge on any atom is 0.162 e. The minimum atomic E-state index is -0.540. The van der Waals surface area contributed by atoms with Gasteiger partial charge in [0.15, 0.2) is 5.79 Å².